The first-order chi connectivity index (χ1) is 29.5. The van der Waals surface area contributed by atoms with Crippen molar-refractivity contribution in [3.63, 3.8) is 0 Å². The third-order valence-electron chi connectivity index (χ3n) is 14.3. The van der Waals surface area contributed by atoms with Crippen molar-refractivity contribution in [3.05, 3.63) is 176 Å². The van der Waals surface area contributed by atoms with Gasteiger partial charge in [0.15, 0.2) is 0 Å². The van der Waals surface area contributed by atoms with Crippen LogP contribution in [0.2, 0.25) is 12.6 Å². The van der Waals surface area contributed by atoms with Crippen LogP contribution in [0, 0.1) is 83.1 Å². The van der Waals surface area contributed by atoms with Gasteiger partial charge in [-0.2, -0.15) is 0 Å². The first-order valence-corrected chi connectivity index (χ1v) is 28.3. The minimum atomic E-state index is -2.76. The molecule has 0 nitrogen and oxygen atoms in total. The van der Waals surface area contributed by atoms with E-state index in [9.17, 15) is 0 Å². The summed E-state index contributed by atoms with van der Waals surface area (Å²) in [5.41, 5.74) is 23.1. The van der Waals surface area contributed by atoms with Crippen LogP contribution >= 0.6 is 20.8 Å². The molecule has 0 spiro atoms. The maximum atomic E-state index is 4.85. The average molecular weight is 904 g/mol. The van der Waals surface area contributed by atoms with E-state index < -0.39 is 5.31 Å². The van der Waals surface area contributed by atoms with E-state index in [-0.39, 0.29) is 0 Å². The molecule has 0 saturated carbocycles. The Labute approximate surface area is 387 Å². The molecule has 324 valence electrons. The van der Waals surface area contributed by atoms with Gasteiger partial charge in [0.1, 0.15) is 0 Å². The molecule has 0 N–H and O–H groups in total. The van der Waals surface area contributed by atoms with E-state index >= 15 is 0 Å². The van der Waals surface area contributed by atoms with Crippen LogP contribution in [0.5, 0.6) is 0 Å². The van der Waals surface area contributed by atoms with Gasteiger partial charge in [0, 0.05) is 0 Å². The molecule has 0 radical (unpaired) electrons. The van der Waals surface area contributed by atoms with Gasteiger partial charge in [-0.3, -0.25) is 0 Å². The van der Waals surface area contributed by atoms with Crippen LogP contribution in [0.15, 0.2) is 109 Å². The van der Waals surface area contributed by atoms with E-state index in [0.29, 0.717) is 13.4 Å². The van der Waals surface area contributed by atoms with E-state index in [0.717, 1.165) is 0 Å². The van der Waals surface area contributed by atoms with Gasteiger partial charge in [0.2, 0.25) is 0 Å². The fraction of sp³-hybridized carbons (Fsp3) is 0.379. The van der Waals surface area contributed by atoms with Crippen molar-refractivity contribution in [1.82, 2.24) is 0 Å². The second-order valence-corrected chi connectivity index (χ2v) is 29.4. The summed E-state index contributed by atoms with van der Waals surface area (Å²) in [6.07, 6.45) is 12.0. The number of benzene rings is 6. The Kier molecular flexibility index (Phi) is 15.8. The van der Waals surface area contributed by atoms with Crippen molar-refractivity contribution in [2.75, 3.05) is 12.3 Å². The fourth-order valence-electron chi connectivity index (χ4n) is 12.1. The van der Waals surface area contributed by atoms with Gasteiger partial charge in [-0.25, -0.2) is 0 Å². The zero-order chi connectivity index (χ0) is 44.8. The summed E-state index contributed by atoms with van der Waals surface area (Å²) >= 11 is 4.85. The van der Waals surface area contributed by atoms with Crippen LogP contribution in [0.4, 0.5) is 0 Å². The van der Waals surface area contributed by atoms with E-state index in [4.69, 9.17) is 15.5 Å². The zero-order valence-corrected chi connectivity index (χ0v) is 42.9. The molecule has 0 aliphatic carbocycles. The maximum absolute atomic E-state index is 4.85. The van der Waals surface area contributed by atoms with Crippen molar-refractivity contribution in [1.29, 1.82) is 0 Å². The molecule has 0 heterocycles. The van der Waals surface area contributed by atoms with E-state index in [1.54, 1.807) is 21.9 Å². The van der Waals surface area contributed by atoms with Crippen LogP contribution in [0.25, 0.3) is 0 Å². The summed E-state index contributed by atoms with van der Waals surface area (Å²) < 4.78 is 0. The standard InChI is InChI=1S/C58H74B2BrP/c1-41-33-45(5)55(46(6)34-41)59(56-47(7)35-42(2)36-48(56)8)29-21-15-23-31-62(61,53-25-17-13-18-26-53,54-27-19-14-20-28-54)32-24-16-22-30-60(57-49(9)37-43(3)38-50(57)10)58-51(11)39-44(4)40-52(58)12/h13-14,17-20,25-28,33-40H,15-16,21-24,29-32H2,1-12H3. The predicted molar refractivity (Wildman–Crippen MR) is 288 cm³/mol. The molecule has 0 aliphatic heterocycles. The third kappa shape index (κ3) is 10.5. The summed E-state index contributed by atoms with van der Waals surface area (Å²) in [7, 11) is 0. The Morgan fingerprint density at radius 3 is 0.823 bits per heavy atom. The molecule has 0 aliphatic rings. The number of rotatable bonds is 18. The van der Waals surface area contributed by atoms with Gasteiger partial charge in [-0.1, -0.05) is 0 Å². The molecular formula is C58H74B2BrP. The van der Waals surface area contributed by atoms with Gasteiger partial charge in [-0.15, -0.1) is 0 Å². The molecule has 62 heavy (non-hydrogen) atoms. The first kappa shape index (κ1) is 47.8. The monoisotopic (exact) mass is 902 g/mol. The van der Waals surface area contributed by atoms with Crippen molar-refractivity contribution < 1.29 is 0 Å². The molecule has 4 heteroatoms. The molecule has 0 saturated heterocycles. The average Bonchev–Trinajstić information content (AvgIpc) is 3.19. The summed E-state index contributed by atoms with van der Waals surface area (Å²) in [6, 6.07) is 42.4. The Morgan fingerprint density at radius 1 is 0.339 bits per heavy atom. The number of halogens is 1. The summed E-state index contributed by atoms with van der Waals surface area (Å²) in [5.74, 6) is 0. The van der Waals surface area contributed by atoms with Crippen molar-refractivity contribution in [2.24, 2.45) is 0 Å². The number of aryl methyl sites for hydroxylation is 12. The Hall–Kier alpha value is -3.64. The minimum absolute atomic E-state index is 0.405. The Bertz CT molecular complexity index is 2110. The quantitative estimate of drug-likeness (QED) is 0.0458. The molecule has 0 amide bonds. The van der Waals surface area contributed by atoms with Crippen molar-refractivity contribution in [2.45, 2.75) is 134 Å². The predicted octanol–water partition coefficient (Wildman–Crippen LogP) is 13.2. The van der Waals surface area contributed by atoms with E-state index in [1.807, 2.05) is 0 Å². The molecule has 6 aromatic carbocycles. The van der Waals surface area contributed by atoms with Gasteiger partial charge in [0.05, 0.1) is 0 Å². The third-order valence-corrected chi connectivity index (χ3v) is 24.3. The van der Waals surface area contributed by atoms with Gasteiger partial charge < -0.3 is 0 Å². The van der Waals surface area contributed by atoms with Crippen LogP contribution in [-0.4, -0.2) is 25.7 Å². The van der Waals surface area contributed by atoms with Crippen molar-refractivity contribution >= 4 is 66.7 Å². The number of unbranched alkanes of at least 4 members (excludes halogenated alkanes) is 4. The Morgan fingerprint density at radius 2 is 0.581 bits per heavy atom. The summed E-state index contributed by atoms with van der Waals surface area (Å²) in [6.45, 7) is 28.5. The van der Waals surface area contributed by atoms with Gasteiger partial charge >= 0.3 is 389 Å². The van der Waals surface area contributed by atoms with Gasteiger partial charge in [-0.05, 0) is 0 Å². The molecule has 6 aromatic rings. The first-order valence-electron chi connectivity index (χ1n) is 23.7. The second kappa shape index (κ2) is 20.5. The van der Waals surface area contributed by atoms with E-state index in [2.05, 4.69) is 192 Å². The molecule has 0 fully saturated rings. The van der Waals surface area contributed by atoms with Crippen molar-refractivity contribution in [3.8, 4) is 0 Å². The zero-order valence-electron chi connectivity index (χ0n) is 40.4. The van der Waals surface area contributed by atoms with E-state index in [1.165, 1.54) is 141 Å². The second-order valence-electron chi connectivity index (χ2n) is 19.5. The molecule has 0 bridgehead atoms. The molecule has 0 atom stereocenters. The molecular weight excluding hydrogens is 829 g/mol. The van der Waals surface area contributed by atoms with Crippen LogP contribution in [0.3, 0.4) is 0 Å². The number of hydrogen-bond donors (Lipinski definition) is 0. The molecule has 0 unspecified atom stereocenters. The fourth-order valence-corrected chi connectivity index (χ4v) is 20.0. The topological polar surface area (TPSA) is 0 Å². The molecule has 0 aromatic heterocycles. The summed E-state index contributed by atoms with van der Waals surface area (Å²) in [5, 5.41) is 0.252. The van der Waals surface area contributed by atoms with Gasteiger partial charge in [0.25, 0.3) is 0 Å². The normalized spacial score (nSPS) is 12.3. The van der Waals surface area contributed by atoms with Crippen LogP contribution < -0.4 is 32.5 Å². The Balaban J connectivity index is 1.25. The molecule has 6 rings (SSSR count). The van der Waals surface area contributed by atoms with Crippen LogP contribution in [-0.2, 0) is 0 Å². The SMILES string of the molecule is Cc1cc(C)c(B(CCCCCP(Br)(CCCCCB(c2c(C)cc(C)cc2C)c2c(C)cc(C)cc2C)(c2ccccc2)c2ccccc2)c2c(C)cc(C)cc2C)c(C)c1. The number of hydrogen-bond acceptors (Lipinski definition) is 0. The summed E-state index contributed by atoms with van der Waals surface area (Å²) in [4.78, 5) is 0. The van der Waals surface area contributed by atoms with Crippen LogP contribution in [0.1, 0.15) is 105 Å².